The molecule has 0 amide bonds. The summed E-state index contributed by atoms with van der Waals surface area (Å²) in [5.41, 5.74) is 7.48. The van der Waals surface area contributed by atoms with Crippen molar-refractivity contribution in [3.8, 4) is 17.2 Å². The van der Waals surface area contributed by atoms with Crippen molar-refractivity contribution in [2.75, 3.05) is 40.2 Å². The molecule has 2 aliphatic rings. The van der Waals surface area contributed by atoms with Crippen LogP contribution >= 0.6 is 0 Å². The maximum atomic E-state index is 6.25. The summed E-state index contributed by atoms with van der Waals surface area (Å²) in [6, 6.07) is 4.21. The summed E-state index contributed by atoms with van der Waals surface area (Å²) < 4.78 is 22.0. The highest BCUT2D eigenvalue weighted by Crippen LogP contribution is 2.39. The zero-order valence-corrected chi connectivity index (χ0v) is 14.8. The summed E-state index contributed by atoms with van der Waals surface area (Å²) in [6.45, 7) is 8.59. The lowest BCUT2D eigenvalue weighted by atomic mass is 9.79. The van der Waals surface area contributed by atoms with Gasteiger partial charge in [0.1, 0.15) is 12.4 Å². The molecule has 0 radical (unpaired) electrons. The van der Waals surface area contributed by atoms with Crippen molar-refractivity contribution < 1.29 is 18.9 Å². The van der Waals surface area contributed by atoms with Crippen LogP contribution in [0, 0.1) is 5.41 Å². The van der Waals surface area contributed by atoms with Gasteiger partial charge < -0.3 is 24.7 Å². The van der Waals surface area contributed by atoms with E-state index in [-0.39, 0.29) is 18.2 Å². The van der Waals surface area contributed by atoms with Crippen LogP contribution in [-0.4, -0.2) is 51.1 Å². The minimum Gasteiger partial charge on any atom is -0.491 e. The molecule has 2 heterocycles. The molecule has 1 unspecified atom stereocenters. The summed E-state index contributed by atoms with van der Waals surface area (Å²) in [7, 11) is 1.67. The molecule has 0 saturated carbocycles. The van der Waals surface area contributed by atoms with Gasteiger partial charge in [0.15, 0.2) is 11.5 Å². The standard InChI is InChI=1S/C18H28N2O4/c1-18(2)11-20(5-4-17(18)19)10-13-8-15-16(24-12-23-15)9-14(13)22-7-6-21-3/h8-9,17H,4-7,10-12,19H2,1-3H3. The number of hydrogen-bond donors (Lipinski definition) is 1. The number of nitrogens with zero attached hydrogens (tertiary/aromatic N) is 1. The smallest absolute Gasteiger partial charge is 0.231 e. The summed E-state index contributed by atoms with van der Waals surface area (Å²) >= 11 is 0. The van der Waals surface area contributed by atoms with Crippen LogP contribution in [0.25, 0.3) is 0 Å². The van der Waals surface area contributed by atoms with Gasteiger partial charge in [0.2, 0.25) is 6.79 Å². The van der Waals surface area contributed by atoms with Crippen LogP contribution in [0.15, 0.2) is 12.1 Å². The first kappa shape index (κ1) is 17.3. The zero-order valence-electron chi connectivity index (χ0n) is 14.8. The molecule has 1 fully saturated rings. The molecule has 2 aliphatic heterocycles. The Labute approximate surface area is 143 Å². The monoisotopic (exact) mass is 336 g/mol. The number of fused-ring (bicyclic) bond motifs is 1. The molecule has 0 bridgehead atoms. The topological polar surface area (TPSA) is 66.2 Å². The first-order valence-electron chi connectivity index (χ1n) is 8.52. The number of ether oxygens (including phenoxy) is 4. The van der Waals surface area contributed by atoms with E-state index in [1.807, 2.05) is 12.1 Å². The highest BCUT2D eigenvalue weighted by molar-refractivity contribution is 5.51. The van der Waals surface area contributed by atoms with Gasteiger partial charge in [-0.05, 0) is 17.9 Å². The normalized spacial score (nSPS) is 22.6. The van der Waals surface area contributed by atoms with Crippen molar-refractivity contribution in [3.05, 3.63) is 17.7 Å². The highest BCUT2D eigenvalue weighted by atomic mass is 16.7. The second-order valence-corrected chi connectivity index (χ2v) is 7.25. The SMILES string of the molecule is COCCOc1cc2c(cc1CN1CCC(N)C(C)(C)C1)OCO2. The van der Waals surface area contributed by atoms with E-state index in [0.29, 0.717) is 13.2 Å². The molecule has 1 atom stereocenters. The minimum absolute atomic E-state index is 0.117. The third-order valence-electron chi connectivity index (χ3n) is 4.89. The van der Waals surface area contributed by atoms with Gasteiger partial charge in [-0.3, -0.25) is 4.90 Å². The molecule has 1 aromatic carbocycles. The second-order valence-electron chi connectivity index (χ2n) is 7.25. The van der Waals surface area contributed by atoms with Crippen LogP contribution in [0.5, 0.6) is 17.2 Å². The van der Waals surface area contributed by atoms with Crippen molar-refractivity contribution in [1.29, 1.82) is 0 Å². The molecular weight excluding hydrogens is 308 g/mol. The van der Waals surface area contributed by atoms with E-state index >= 15 is 0 Å². The number of benzene rings is 1. The van der Waals surface area contributed by atoms with E-state index in [0.717, 1.165) is 48.9 Å². The largest absolute Gasteiger partial charge is 0.491 e. The first-order valence-corrected chi connectivity index (χ1v) is 8.52. The molecule has 6 nitrogen and oxygen atoms in total. The maximum Gasteiger partial charge on any atom is 0.231 e. The average molecular weight is 336 g/mol. The minimum atomic E-state index is 0.117. The van der Waals surface area contributed by atoms with Gasteiger partial charge in [-0.2, -0.15) is 0 Å². The fourth-order valence-electron chi connectivity index (χ4n) is 3.32. The number of rotatable bonds is 6. The lowest BCUT2D eigenvalue weighted by Gasteiger charge is -2.42. The lowest BCUT2D eigenvalue weighted by molar-refractivity contribution is 0.0883. The van der Waals surface area contributed by atoms with Gasteiger partial charge in [-0.25, -0.2) is 0 Å². The Hall–Kier alpha value is -1.50. The fourth-order valence-corrected chi connectivity index (χ4v) is 3.32. The zero-order chi connectivity index (χ0) is 17.2. The van der Waals surface area contributed by atoms with E-state index in [4.69, 9.17) is 24.7 Å². The van der Waals surface area contributed by atoms with Crippen molar-refractivity contribution >= 4 is 0 Å². The molecule has 6 heteroatoms. The molecule has 0 aromatic heterocycles. The molecule has 1 saturated heterocycles. The van der Waals surface area contributed by atoms with Crippen LogP contribution in [0.3, 0.4) is 0 Å². The Morgan fingerprint density at radius 3 is 2.71 bits per heavy atom. The van der Waals surface area contributed by atoms with E-state index in [9.17, 15) is 0 Å². The second kappa shape index (κ2) is 7.17. The van der Waals surface area contributed by atoms with Crippen molar-refractivity contribution in [1.82, 2.24) is 4.90 Å². The summed E-state index contributed by atoms with van der Waals surface area (Å²) in [4.78, 5) is 2.43. The molecule has 0 spiro atoms. The number of piperidine rings is 1. The van der Waals surface area contributed by atoms with Gasteiger partial charge in [-0.15, -0.1) is 0 Å². The Kier molecular flexibility index (Phi) is 5.18. The molecule has 1 aromatic rings. The van der Waals surface area contributed by atoms with Crippen LogP contribution in [0.1, 0.15) is 25.8 Å². The average Bonchev–Trinajstić information content (AvgIpc) is 2.98. The highest BCUT2D eigenvalue weighted by Gasteiger charge is 2.33. The first-order chi connectivity index (χ1) is 11.5. The predicted molar refractivity (Wildman–Crippen MR) is 91.6 cm³/mol. The molecule has 3 rings (SSSR count). The van der Waals surface area contributed by atoms with Crippen LogP contribution < -0.4 is 19.9 Å². The van der Waals surface area contributed by atoms with Crippen molar-refractivity contribution in [2.45, 2.75) is 32.9 Å². The third kappa shape index (κ3) is 3.77. The summed E-state index contributed by atoms with van der Waals surface area (Å²) in [5, 5.41) is 0. The van der Waals surface area contributed by atoms with E-state index < -0.39 is 0 Å². The summed E-state index contributed by atoms with van der Waals surface area (Å²) in [5.74, 6) is 2.37. The predicted octanol–water partition coefficient (Wildman–Crippen LogP) is 2.00. The molecule has 2 N–H and O–H groups in total. The quantitative estimate of drug-likeness (QED) is 0.802. The van der Waals surface area contributed by atoms with Gasteiger partial charge >= 0.3 is 0 Å². The van der Waals surface area contributed by atoms with E-state index in [2.05, 4.69) is 18.7 Å². The van der Waals surface area contributed by atoms with Crippen LogP contribution in [0.4, 0.5) is 0 Å². The molecule has 0 aliphatic carbocycles. The summed E-state index contributed by atoms with van der Waals surface area (Å²) in [6.07, 6.45) is 1.01. The van der Waals surface area contributed by atoms with E-state index in [1.165, 1.54) is 0 Å². The van der Waals surface area contributed by atoms with Gasteiger partial charge in [0, 0.05) is 44.4 Å². The van der Waals surface area contributed by atoms with Gasteiger partial charge in [0.05, 0.1) is 6.61 Å². The molecular formula is C18H28N2O4. The fraction of sp³-hybridized carbons (Fsp3) is 0.667. The maximum absolute atomic E-state index is 6.25. The van der Waals surface area contributed by atoms with Gasteiger partial charge in [0.25, 0.3) is 0 Å². The van der Waals surface area contributed by atoms with Crippen LogP contribution in [-0.2, 0) is 11.3 Å². The number of nitrogens with two attached hydrogens (primary N) is 1. The number of methoxy groups -OCH3 is 1. The lowest BCUT2D eigenvalue weighted by Crippen LogP contribution is -2.52. The van der Waals surface area contributed by atoms with Crippen molar-refractivity contribution in [3.63, 3.8) is 0 Å². The van der Waals surface area contributed by atoms with Crippen molar-refractivity contribution in [2.24, 2.45) is 11.1 Å². The number of likely N-dealkylation sites (tertiary alicyclic amines) is 1. The molecule has 24 heavy (non-hydrogen) atoms. The number of hydrogen-bond acceptors (Lipinski definition) is 6. The Morgan fingerprint density at radius 2 is 2.00 bits per heavy atom. The third-order valence-corrected chi connectivity index (χ3v) is 4.89. The molecule has 134 valence electrons. The Balaban J connectivity index is 1.76. The Bertz CT molecular complexity index is 576. The van der Waals surface area contributed by atoms with E-state index in [1.54, 1.807) is 7.11 Å². The Morgan fingerprint density at radius 1 is 1.25 bits per heavy atom. The van der Waals surface area contributed by atoms with Crippen LogP contribution in [0.2, 0.25) is 0 Å². The van der Waals surface area contributed by atoms with Gasteiger partial charge in [-0.1, -0.05) is 13.8 Å².